The molecule has 0 aromatic heterocycles. The molecule has 1 fully saturated rings. The molecule has 0 bridgehead atoms. The maximum Gasteiger partial charge on any atom is 0.308 e. The van der Waals surface area contributed by atoms with E-state index >= 15 is 0 Å². The summed E-state index contributed by atoms with van der Waals surface area (Å²) in [4.78, 5) is 11.5. The highest BCUT2D eigenvalue weighted by atomic mass is 16.5. The first-order valence-electron chi connectivity index (χ1n) is 5.51. The van der Waals surface area contributed by atoms with E-state index in [1.54, 1.807) is 0 Å². The Morgan fingerprint density at radius 2 is 1.85 bits per heavy atom. The van der Waals surface area contributed by atoms with Crippen LogP contribution in [0.25, 0.3) is 0 Å². The standard InChI is InChI=1S/C11H20O2/c1-2-9-13-11(12)10-7-5-3-4-6-8-10/h10H,2-9H2,1H3. The number of carbonyl (C=O) groups excluding carboxylic acids is 1. The van der Waals surface area contributed by atoms with Crippen LogP contribution in [0.1, 0.15) is 51.9 Å². The highest BCUT2D eigenvalue weighted by Crippen LogP contribution is 2.23. The molecule has 0 saturated heterocycles. The SMILES string of the molecule is CCCOC(=O)C1CCCCCC1. The average Bonchev–Trinajstić information content (AvgIpc) is 2.42. The highest BCUT2D eigenvalue weighted by Gasteiger charge is 2.20. The minimum Gasteiger partial charge on any atom is -0.465 e. The van der Waals surface area contributed by atoms with E-state index in [0.717, 1.165) is 19.3 Å². The minimum atomic E-state index is 0.0451. The largest absolute Gasteiger partial charge is 0.465 e. The van der Waals surface area contributed by atoms with E-state index in [4.69, 9.17) is 4.74 Å². The molecule has 0 atom stereocenters. The second-order valence-electron chi connectivity index (χ2n) is 3.86. The molecular formula is C11H20O2. The molecule has 13 heavy (non-hydrogen) atoms. The quantitative estimate of drug-likeness (QED) is 0.498. The summed E-state index contributed by atoms with van der Waals surface area (Å²) in [5, 5.41) is 0. The van der Waals surface area contributed by atoms with Crippen LogP contribution in [0.5, 0.6) is 0 Å². The summed E-state index contributed by atoms with van der Waals surface area (Å²) in [5.74, 6) is 0.248. The van der Waals surface area contributed by atoms with Crippen molar-refractivity contribution in [2.75, 3.05) is 6.61 Å². The molecule has 0 amide bonds. The van der Waals surface area contributed by atoms with Crippen LogP contribution in [0.15, 0.2) is 0 Å². The predicted molar refractivity (Wildman–Crippen MR) is 52.4 cm³/mol. The molecule has 2 heteroatoms. The monoisotopic (exact) mass is 184 g/mol. The number of hydrogen-bond acceptors (Lipinski definition) is 2. The molecule has 1 aliphatic rings. The van der Waals surface area contributed by atoms with Crippen molar-refractivity contribution in [2.24, 2.45) is 5.92 Å². The Morgan fingerprint density at radius 3 is 2.38 bits per heavy atom. The Labute approximate surface area is 80.7 Å². The molecule has 0 unspecified atom stereocenters. The molecule has 1 aliphatic carbocycles. The van der Waals surface area contributed by atoms with Crippen molar-refractivity contribution in [1.29, 1.82) is 0 Å². The van der Waals surface area contributed by atoms with Gasteiger partial charge < -0.3 is 4.74 Å². The van der Waals surface area contributed by atoms with Gasteiger partial charge in [0, 0.05) is 0 Å². The van der Waals surface area contributed by atoms with Crippen LogP contribution in [0.2, 0.25) is 0 Å². The van der Waals surface area contributed by atoms with Crippen molar-refractivity contribution in [3.05, 3.63) is 0 Å². The Bertz CT molecular complexity index is 146. The van der Waals surface area contributed by atoms with Crippen LogP contribution in [0.4, 0.5) is 0 Å². The van der Waals surface area contributed by atoms with Gasteiger partial charge in [0.05, 0.1) is 12.5 Å². The maximum absolute atomic E-state index is 11.5. The lowest BCUT2D eigenvalue weighted by molar-refractivity contribution is -0.149. The van der Waals surface area contributed by atoms with Crippen molar-refractivity contribution in [3.63, 3.8) is 0 Å². The number of hydrogen-bond donors (Lipinski definition) is 0. The summed E-state index contributed by atoms with van der Waals surface area (Å²) in [6, 6.07) is 0. The number of ether oxygens (including phenoxy) is 1. The average molecular weight is 184 g/mol. The van der Waals surface area contributed by atoms with Crippen LogP contribution in [-0.4, -0.2) is 12.6 Å². The third kappa shape index (κ3) is 3.79. The second-order valence-corrected chi connectivity index (χ2v) is 3.86. The molecule has 0 aromatic rings. The lowest BCUT2D eigenvalue weighted by Crippen LogP contribution is -2.17. The fourth-order valence-electron chi connectivity index (χ4n) is 1.84. The molecule has 0 heterocycles. The van der Waals surface area contributed by atoms with Gasteiger partial charge >= 0.3 is 5.97 Å². The highest BCUT2D eigenvalue weighted by molar-refractivity contribution is 5.72. The number of carbonyl (C=O) groups is 1. The van der Waals surface area contributed by atoms with E-state index in [1.807, 2.05) is 6.92 Å². The predicted octanol–water partition coefficient (Wildman–Crippen LogP) is 2.91. The molecule has 1 saturated carbocycles. The van der Waals surface area contributed by atoms with Gasteiger partial charge in [-0.1, -0.05) is 32.6 Å². The van der Waals surface area contributed by atoms with Crippen molar-refractivity contribution in [3.8, 4) is 0 Å². The molecule has 0 aliphatic heterocycles. The topological polar surface area (TPSA) is 26.3 Å². The summed E-state index contributed by atoms with van der Waals surface area (Å²) < 4.78 is 5.15. The van der Waals surface area contributed by atoms with E-state index in [1.165, 1.54) is 25.7 Å². The van der Waals surface area contributed by atoms with Gasteiger partial charge in [0.15, 0.2) is 0 Å². The van der Waals surface area contributed by atoms with Crippen LogP contribution in [-0.2, 0) is 9.53 Å². The zero-order chi connectivity index (χ0) is 9.52. The van der Waals surface area contributed by atoms with Gasteiger partial charge in [-0.05, 0) is 19.3 Å². The number of esters is 1. The third-order valence-electron chi connectivity index (χ3n) is 2.64. The van der Waals surface area contributed by atoms with E-state index in [0.29, 0.717) is 6.61 Å². The number of rotatable bonds is 3. The summed E-state index contributed by atoms with van der Waals surface area (Å²) in [7, 11) is 0. The second kappa shape index (κ2) is 6.01. The van der Waals surface area contributed by atoms with Gasteiger partial charge in [-0.15, -0.1) is 0 Å². The van der Waals surface area contributed by atoms with Gasteiger partial charge in [0.25, 0.3) is 0 Å². The molecule has 0 N–H and O–H groups in total. The van der Waals surface area contributed by atoms with Crippen molar-refractivity contribution < 1.29 is 9.53 Å². The fraction of sp³-hybridized carbons (Fsp3) is 0.909. The van der Waals surface area contributed by atoms with Crippen LogP contribution in [0, 0.1) is 5.92 Å². The third-order valence-corrected chi connectivity index (χ3v) is 2.64. The Balaban J connectivity index is 2.26. The maximum atomic E-state index is 11.5. The van der Waals surface area contributed by atoms with Crippen molar-refractivity contribution in [2.45, 2.75) is 51.9 Å². The van der Waals surface area contributed by atoms with Crippen molar-refractivity contribution >= 4 is 5.97 Å². The molecule has 2 nitrogen and oxygen atoms in total. The smallest absolute Gasteiger partial charge is 0.308 e. The molecular weight excluding hydrogens is 164 g/mol. The van der Waals surface area contributed by atoms with Crippen molar-refractivity contribution in [1.82, 2.24) is 0 Å². The summed E-state index contributed by atoms with van der Waals surface area (Å²) in [5.41, 5.74) is 0. The zero-order valence-electron chi connectivity index (χ0n) is 8.55. The first kappa shape index (κ1) is 10.6. The molecule has 0 radical (unpaired) electrons. The first-order chi connectivity index (χ1) is 6.34. The molecule has 76 valence electrons. The van der Waals surface area contributed by atoms with Crippen LogP contribution < -0.4 is 0 Å². The summed E-state index contributed by atoms with van der Waals surface area (Å²) >= 11 is 0. The van der Waals surface area contributed by atoms with E-state index in [2.05, 4.69) is 0 Å². The molecule has 0 aromatic carbocycles. The summed E-state index contributed by atoms with van der Waals surface area (Å²) in [6.45, 7) is 2.62. The van der Waals surface area contributed by atoms with Gasteiger partial charge in [-0.3, -0.25) is 4.79 Å². The molecule has 1 rings (SSSR count). The normalized spacial score (nSPS) is 19.5. The Morgan fingerprint density at radius 1 is 1.23 bits per heavy atom. The van der Waals surface area contributed by atoms with E-state index in [9.17, 15) is 4.79 Å². The van der Waals surface area contributed by atoms with Gasteiger partial charge in [-0.25, -0.2) is 0 Å². The molecule has 0 spiro atoms. The summed E-state index contributed by atoms with van der Waals surface area (Å²) in [6.07, 6.45) is 8.00. The Kier molecular flexibility index (Phi) is 4.87. The Hall–Kier alpha value is -0.530. The fourth-order valence-corrected chi connectivity index (χ4v) is 1.84. The first-order valence-corrected chi connectivity index (χ1v) is 5.51. The van der Waals surface area contributed by atoms with Crippen LogP contribution in [0.3, 0.4) is 0 Å². The van der Waals surface area contributed by atoms with E-state index < -0.39 is 0 Å². The van der Waals surface area contributed by atoms with Crippen LogP contribution >= 0.6 is 0 Å². The van der Waals surface area contributed by atoms with E-state index in [-0.39, 0.29) is 11.9 Å². The lowest BCUT2D eigenvalue weighted by Gasteiger charge is -2.12. The zero-order valence-corrected chi connectivity index (χ0v) is 8.55. The minimum absolute atomic E-state index is 0.0451. The van der Waals surface area contributed by atoms with Gasteiger partial charge in [0.1, 0.15) is 0 Å². The lowest BCUT2D eigenvalue weighted by atomic mass is 10.0. The van der Waals surface area contributed by atoms with Gasteiger partial charge in [-0.2, -0.15) is 0 Å². The van der Waals surface area contributed by atoms with Gasteiger partial charge in [0.2, 0.25) is 0 Å².